The lowest BCUT2D eigenvalue weighted by molar-refractivity contribution is -0.137. The third-order valence-electron chi connectivity index (χ3n) is 4.68. The Labute approximate surface area is 176 Å². The molecular formula is C19H29F3IN3O. The minimum atomic E-state index is -4.34. The molecule has 2 rings (SSSR count). The van der Waals surface area contributed by atoms with Gasteiger partial charge in [0.1, 0.15) is 0 Å². The molecule has 1 aliphatic heterocycles. The van der Waals surface area contributed by atoms with Crippen LogP contribution in [-0.2, 0) is 16.3 Å². The van der Waals surface area contributed by atoms with Gasteiger partial charge in [-0.3, -0.25) is 4.99 Å². The molecular weight excluding hydrogens is 470 g/mol. The zero-order chi connectivity index (χ0) is 19.0. The molecule has 0 bridgehead atoms. The van der Waals surface area contributed by atoms with Crippen molar-refractivity contribution in [3.05, 3.63) is 35.4 Å². The Balaban J connectivity index is 0.00000364. The van der Waals surface area contributed by atoms with Crippen molar-refractivity contribution in [2.75, 3.05) is 32.8 Å². The van der Waals surface area contributed by atoms with Gasteiger partial charge in [0.05, 0.1) is 12.1 Å². The average molecular weight is 499 g/mol. The van der Waals surface area contributed by atoms with Gasteiger partial charge < -0.3 is 15.4 Å². The first-order valence-electron chi connectivity index (χ1n) is 9.19. The van der Waals surface area contributed by atoms with E-state index in [2.05, 4.69) is 22.5 Å². The summed E-state index contributed by atoms with van der Waals surface area (Å²) in [5.41, 5.74) is -0.361. The minimum absolute atomic E-state index is 0. The van der Waals surface area contributed by atoms with E-state index in [4.69, 9.17) is 4.74 Å². The second-order valence-corrected chi connectivity index (χ2v) is 6.59. The molecule has 2 N–H and O–H groups in total. The van der Waals surface area contributed by atoms with E-state index in [1.165, 1.54) is 12.1 Å². The monoisotopic (exact) mass is 499 g/mol. The normalized spacial score (nSPS) is 17.1. The molecule has 0 unspecified atom stereocenters. The fourth-order valence-electron chi connectivity index (χ4n) is 3.14. The Bertz CT molecular complexity index is 602. The van der Waals surface area contributed by atoms with Gasteiger partial charge in [0.25, 0.3) is 0 Å². The number of halogens is 4. The van der Waals surface area contributed by atoms with E-state index in [1.807, 2.05) is 6.92 Å². The van der Waals surface area contributed by atoms with E-state index in [-0.39, 0.29) is 24.0 Å². The quantitative estimate of drug-likeness (QED) is 0.348. The van der Waals surface area contributed by atoms with Crippen molar-refractivity contribution in [1.29, 1.82) is 0 Å². The highest BCUT2D eigenvalue weighted by Gasteiger charge is 2.37. The van der Waals surface area contributed by atoms with Crippen molar-refractivity contribution in [3.8, 4) is 0 Å². The summed E-state index contributed by atoms with van der Waals surface area (Å²) in [6.07, 6.45) is -2.06. The van der Waals surface area contributed by atoms with Gasteiger partial charge in [-0.05, 0) is 37.8 Å². The van der Waals surface area contributed by atoms with Crippen LogP contribution in [0, 0.1) is 0 Å². The number of guanidine groups is 1. The summed E-state index contributed by atoms with van der Waals surface area (Å²) in [6.45, 7) is 7.08. The Hall–Kier alpha value is -1.03. The van der Waals surface area contributed by atoms with E-state index in [0.717, 1.165) is 25.6 Å². The molecule has 8 heteroatoms. The maximum absolute atomic E-state index is 13.1. The Morgan fingerprint density at radius 3 is 2.48 bits per heavy atom. The maximum Gasteiger partial charge on any atom is 0.416 e. The van der Waals surface area contributed by atoms with Gasteiger partial charge >= 0.3 is 6.18 Å². The van der Waals surface area contributed by atoms with E-state index < -0.39 is 17.2 Å². The van der Waals surface area contributed by atoms with Gasteiger partial charge in [0, 0.05) is 31.7 Å². The standard InChI is InChI=1S/C19H28F3N3O.HI/c1-3-10-24-17(23-4-2)25-14-18(8-11-26-12-9-18)15-6-5-7-16(13-15)19(20,21)22;/h5-7,13H,3-4,8-12,14H2,1-2H3,(H2,23,24,25);1H. The molecule has 0 aliphatic carbocycles. The van der Waals surface area contributed by atoms with Crippen LogP contribution in [0.5, 0.6) is 0 Å². The molecule has 0 radical (unpaired) electrons. The first kappa shape index (κ1) is 24.0. The number of rotatable bonds is 6. The summed E-state index contributed by atoms with van der Waals surface area (Å²) in [4.78, 5) is 4.67. The fraction of sp³-hybridized carbons (Fsp3) is 0.632. The van der Waals surface area contributed by atoms with Crippen molar-refractivity contribution in [2.24, 2.45) is 4.99 Å². The van der Waals surface area contributed by atoms with E-state index >= 15 is 0 Å². The highest BCUT2D eigenvalue weighted by atomic mass is 127. The molecule has 1 aromatic rings. The molecule has 1 aromatic carbocycles. The number of hydrogen-bond donors (Lipinski definition) is 2. The molecule has 0 aromatic heterocycles. The number of aliphatic imine (C=N–C) groups is 1. The smallest absolute Gasteiger partial charge is 0.381 e. The lowest BCUT2D eigenvalue weighted by Gasteiger charge is -2.37. The number of nitrogens with one attached hydrogen (secondary N) is 2. The van der Waals surface area contributed by atoms with Crippen molar-refractivity contribution in [2.45, 2.75) is 44.7 Å². The largest absolute Gasteiger partial charge is 0.416 e. The molecule has 1 heterocycles. The highest BCUT2D eigenvalue weighted by molar-refractivity contribution is 14.0. The molecule has 1 aliphatic rings. The van der Waals surface area contributed by atoms with Crippen LogP contribution in [0.25, 0.3) is 0 Å². The van der Waals surface area contributed by atoms with Gasteiger partial charge in [-0.1, -0.05) is 25.1 Å². The van der Waals surface area contributed by atoms with Crippen LogP contribution < -0.4 is 10.6 Å². The van der Waals surface area contributed by atoms with Gasteiger partial charge in [0.2, 0.25) is 0 Å². The second-order valence-electron chi connectivity index (χ2n) is 6.59. The van der Waals surface area contributed by atoms with Crippen molar-refractivity contribution < 1.29 is 17.9 Å². The van der Waals surface area contributed by atoms with E-state index in [9.17, 15) is 13.2 Å². The third kappa shape index (κ3) is 6.81. The van der Waals surface area contributed by atoms with Gasteiger partial charge in [-0.25, -0.2) is 0 Å². The number of hydrogen-bond acceptors (Lipinski definition) is 2. The van der Waals surface area contributed by atoms with Crippen molar-refractivity contribution in [1.82, 2.24) is 10.6 Å². The number of nitrogens with zero attached hydrogens (tertiary/aromatic N) is 1. The number of benzene rings is 1. The molecule has 27 heavy (non-hydrogen) atoms. The zero-order valence-corrected chi connectivity index (χ0v) is 18.2. The average Bonchev–Trinajstić information content (AvgIpc) is 2.64. The lowest BCUT2D eigenvalue weighted by atomic mass is 9.74. The van der Waals surface area contributed by atoms with Crippen molar-refractivity contribution in [3.63, 3.8) is 0 Å². The summed E-state index contributed by atoms with van der Waals surface area (Å²) in [6, 6.07) is 5.65. The molecule has 0 saturated carbocycles. The van der Waals surface area contributed by atoms with E-state index in [1.54, 1.807) is 6.07 Å². The summed E-state index contributed by atoms with van der Waals surface area (Å²) in [7, 11) is 0. The minimum Gasteiger partial charge on any atom is -0.381 e. The van der Waals surface area contributed by atoms with Crippen LogP contribution in [0.4, 0.5) is 13.2 Å². The fourth-order valence-corrected chi connectivity index (χ4v) is 3.14. The first-order chi connectivity index (χ1) is 12.4. The summed E-state index contributed by atoms with van der Waals surface area (Å²) in [5, 5.41) is 6.43. The second kappa shape index (κ2) is 11.1. The van der Waals surface area contributed by atoms with Crippen molar-refractivity contribution >= 4 is 29.9 Å². The molecule has 0 amide bonds. The van der Waals surface area contributed by atoms with Gasteiger partial charge in [0.15, 0.2) is 5.96 Å². The zero-order valence-electron chi connectivity index (χ0n) is 15.9. The molecule has 4 nitrogen and oxygen atoms in total. The Morgan fingerprint density at radius 2 is 1.89 bits per heavy atom. The molecule has 0 atom stereocenters. The van der Waals surface area contributed by atoms with Crippen LogP contribution in [0.1, 0.15) is 44.2 Å². The topological polar surface area (TPSA) is 45.7 Å². The van der Waals surface area contributed by atoms with Gasteiger partial charge in [-0.15, -0.1) is 24.0 Å². The maximum atomic E-state index is 13.1. The van der Waals surface area contributed by atoms with Crippen LogP contribution in [0.2, 0.25) is 0 Å². The molecule has 154 valence electrons. The SMILES string of the molecule is CCCNC(=NCC1(c2cccc(C(F)(F)F)c2)CCOCC1)NCC.I. The summed E-state index contributed by atoms with van der Waals surface area (Å²) < 4.78 is 44.9. The molecule has 0 spiro atoms. The Kier molecular flexibility index (Phi) is 9.86. The summed E-state index contributed by atoms with van der Waals surface area (Å²) >= 11 is 0. The number of ether oxygens (including phenoxy) is 1. The molecule has 1 fully saturated rings. The lowest BCUT2D eigenvalue weighted by Crippen LogP contribution is -2.41. The predicted octanol–water partition coefficient (Wildman–Crippen LogP) is 4.34. The van der Waals surface area contributed by atoms with E-state index in [0.29, 0.717) is 44.1 Å². The van der Waals surface area contributed by atoms with Crippen LogP contribution >= 0.6 is 24.0 Å². The predicted molar refractivity (Wildman–Crippen MR) is 113 cm³/mol. The molecule has 1 saturated heterocycles. The first-order valence-corrected chi connectivity index (χ1v) is 9.19. The van der Waals surface area contributed by atoms with Crippen LogP contribution in [0.15, 0.2) is 29.3 Å². The third-order valence-corrected chi connectivity index (χ3v) is 4.68. The summed E-state index contributed by atoms with van der Waals surface area (Å²) in [5.74, 6) is 0.701. The van der Waals surface area contributed by atoms with Crippen LogP contribution in [-0.4, -0.2) is 38.8 Å². The van der Waals surface area contributed by atoms with Gasteiger partial charge in [-0.2, -0.15) is 13.2 Å². The number of alkyl halides is 3. The Morgan fingerprint density at radius 1 is 1.19 bits per heavy atom. The highest BCUT2D eigenvalue weighted by Crippen LogP contribution is 2.38. The van der Waals surface area contributed by atoms with Crippen LogP contribution in [0.3, 0.4) is 0 Å².